The van der Waals surface area contributed by atoms with E-state index < -0.39 is 0 Å². The van der Waals surface area contributed by atoms with Crippen molar-refractivity contribution >= 4 is 11.8 Å². The lowest BCUT2D eigenvalue weighted by Gasteiger charge is -2.24. The summed E-state index contributed by atoms with van der Waals surface area (Å²) in [6.07, 6.45) is 4.77. The van der Waals surface area contributed by atoms with E-state index in [1.54, 1.807) is 9.80 Å². The number of hydrogen-bond acceptors (Lipinski definition) is 4. The first-order valence-corrected chi connectivity index (χ1v) is 8.52. The largest absolute Gasteiger partial charge is 0.343 e. The Morgan fingerprint density at radius 1 is 1.00 bits per heavy atom. The molecule has 25 heavy (non-hydrogen) atoms. The van der Waals surface area contributed by atoms with Crippen molar-refractivity contribution in [1.29, 1.82) is 0 Å². The number of amides is 2. The number of benzene rings is 1. The highest BCUT2D eigenvalue weighted by Crippen LogP contribution is 2.10. The first-order valence-electron chi connectivity index (χ1n) is 8.52. The average molecular weight is 340 g/mol. The molecule has 0 N–H and O–H groups in total. The van der Waals surface area contributed by atoms with Crippen molar-refractivity contribution in [3.63, 3.8) is 0 Å². The number of rotatable bonds is 8. The van der Waals surface area contributed by atoms with E-state index in [4.69, 9.17) is 0 Å². The van der Waals surface area contributed by atoms with Gasteiger partial charge in [-0.1, -0.05) is 30.3 Å². The van der Waals surface area contributed by atoms with Gasteiger partial charge in [0.15, 0.2) is 0 Å². The molecule has 0 aliphatic rings. The number of carbonyl (C=O) groups is 2. The predicted octanol–water partition coefficient (Wildman–Crippen LogP) is 2.38. The van der Waals surface area contributed by atoms with Gasteiger partial charge < -0.3 is 9.80 Å². The maximum atomic E-state index is 12.8. The molecule has 0 aliphatic heterocycles. The number of nitrogens with zero attached hydrogens (tertiary/aromatic N) is 4. The van der Waals surface area contributed by atoms with E-state index in [0.29, 0.717) is 32.6 Å². The minimum absolute atomic E-state index is 0.0509. The number of aromatic nitrogens is 2. The molecule has 0 aliphatic carbocycles. The fourth-order valence-corrected chi connectivity index (χ4v) is 2.59. The van der Waals surface area contributed by atoms with Gasteiger partial charge in [-0.15, -0.1) is 0 Å². The van der Waals surface area contributed by atoms with E-state index in [-0.39, 0.29) is 17.5 Å². The van der Waals surface area contributed by atoms with Crippen LogP contribution in [0.2, 0.25) is 0 Å². The van der Waals surface area contributed by atoms with Crippen LogP contribution in [0.3, 0.4) is 0 Å². The van der Waals surface area contributed by atoms with Crippen LogP contribution < -0.4 is 0 Å². The first kappa shape index (κ1) is 18.6. The Morgan fingerprint density at radius 3 is 2.32 bits per heavy atom. The number of hydrogen-bond donors (Lipinski definition) is 0. The fraction of sp³-hybridized carbons (Fsp3) is 0.368. The van der Waals surface area contributed by atoms with E-state index in [1.165, 1.54) is 18.6 Å². The van der Waals surface area contributed by atoms with Gasteiger partial charge in [-0.25, -0.2) is 4.98 Å². The third-order valence-electron chi connectivity index (χ3n) is 4.00. The molecule has 0 saturated heterocycles. The maximum Gasteiger partial charge on any atom is 0.274 e. The number of carbonyl (C=O) groups excluding carboxylic acids is 2. The topological polar surface area (TPSA) is 66.4 Å². The van der Waals surface area contributed by atoms with Crippen molar-refractivity contribution in [1.82, 2.24) is 19.8 Å². The van der Waals surface area contributed by atoms with Gasteiger partial charge in [-0.3, -0.25) is 14.6 Å². The van der Waals surface area contributed by atoms with Gasteiger partial charge in [0.2, 0.25) is 5.91 Å². The monoisotopic (exact) mass is 340 g/mol. The molecule has 6 nitrogen and oxygen atoms in total. The molecular weight excluding hydrogens is 316 g/mol. The fourth-order valence-electron chi connectivity index (χ4n) is 2.59. The SMILES string of the molecule is CCN(CC)C(=O)CCN(Cc1ccccc1)C(=O)c1cnccn1. The highest BCUT2D eigenvalue weighted by molar-refractivity contribution is 5.92. The zero-order chi connectivity index (χ0) is 18.1. The molecule has 2 rings (SSSR count). The summed E-state index contributed by atoms with van der Waals surface area (Å²) >= 11 is 0. The molecule has 1 heterocycles. The van der Waals surface area contributed by atoms with Crippen LogP contribution in [0.4, 0.5) is 0 Å². The normalized spacial score (nSPS) is 10.3. The molecule has 0 saturated carbocycles. The van der Waals surface area contributed by atoms with Crippen LogP contribution in [-0.2, 0) is 11.3 Å². The van der Waals surface area contributed by atoms with Crippen LogP contribution in [0.15, 0.2) is 48.9 Å². The van der Waals surface area contributed by atoms with Gasteiger partial charge in [0.1, 0.15) is 5.69 Å². The summed E-state index contributed by atoms with van der Waals surface area (Å²) in [6, 6.07) is 9.72. The van der Waals surface area contributed by atoms with E-state index in [1.807, 2.05) is 44.2 Å². The lowest BCUT2D eigenvalue weighted by atomic mass is 10.2. The molecule has 6 heteroatoms. The minimum Gasteiger partial charge on any atom is -0.343 e. The molecule has 0 spiro atoms. The van der Waals surface area contributed by atoms with Crippen LogP contribution >= 0.6 is 0 Å². The summed E-state index contributed by atoms with van der Waals surface area (Å²) in [6.45, 7) is 6.03. The van der Waals surface area contributed by atoms with Crippen molar-refractivity contribution in [3.8, 4) is 0 Å². The molecule has 2 aromatic rings. The third-order valence-corrected chi connectivity index (χ3v) is 4.00. The molecule has 2 amide bonds. The van der Waals surface area contributed by atoms with Crippen molar-refractivity contribution < 1.29 is 9.59 Å². The molecule has 0 atom stereocenters. The quantitative estimate of drug-likeness (QED) is 0.740. The summed E-state index contributed by atoms with van der Waals surface area (Å²) in [5, 5.41) is 0. The summed E-state index contributed by atoms with van der Waals surface area (Å²) in [5.74, 6) is -0.167. The molecule has 1 aromatic heterocycles. The second-order valence-corrected chi connectivity index (χ2v) is 5.62. The highest BCUT2D eigenvalue weighted by atomic mass is 16.2. The minimum atomic E-state index is -0.218. The van der Waals surface area contributed by atoms with Gasteiger partial charge in [0.25, 0.3) is 5.91 Å². The van der Waals surface area contributed by atoms with Gasteiger partial charge in [-0.2, -0.15) is 0 Å². The Morgan fingerprint density at radius 2 is 1.72 bits per heavy atom. The average Bonchev–Trinajstić information content (AvgIpc) is 2.67. The van der Waals surface area contributed by atoms with Crippen LogP contribution in [0.25, 0.3) is 0 Å². The van der Waals surface area contributed by atoms with Gasteiger partial charge in [-0.05, 0) is 19.4 Å². The van der Waals surface area contributed by atoms with E-state index >= 15 is 0 Å². The maximum absolute atomic E-state index is 12.8. The van der Waals surface area contributed by atoms with Crippen LogP contribution in [0.5, 0.6) is 0 Å². The van der Waals surface area contributed by atoms with Gasteiger partial charge in [0, 0.05) is 45.0 Å². The molecule has 0 bridgehead atoms. The van der Waals surface area contributed by atoms with E-state index in [0.717, 1.165) is 5.56 Å². The summed E-state index contributed by atoms with van der Waals surface area (Å²) < 4.78 is 0. The summed E-state index contributed by atoms with van der Waals surface area (Å²) in [4.78, 5) is 36.5. The second kappa shape index (κ2) is 9.52. The van der Waals surface area contributed by atoms with Crippen molar-refractivity contribution in [3.05, 3.63) is 60.2 Å². The zero-order valence-corrected chi connectivity index (χ0v) is 14.8. The molecule has 0 radical (unpaired) electrons. The van der Waals surface area contributed by atoms with Crippen LogP contribution in [-0.4, -0.2) is 51.2 Å². The Balaban J connectivity index is 2.11. The van der Waals surface area contributed by atoms with Crippen molar-refractivity contribution in [2.24, 2.45) is 0 Å². The van der Waals surface area contributed by atoms with Crippen LogP contribution in [0.1, 0.15) is 36.3 Å². The van der Waals surface area contributed by atoms with Gasteiger partial charge >= 0.3 is 0 Å². The Bertz CT molecular complexity index is 672. The molecule has 1 aromatic carbocycles. The van der Waals surface area contributed by atoms with Crippen LogP contribution in [0, 0.1) is 0 Å². The molecule has 0 fully saturated rings. The lowest BCUT2D eigenvalue weighted by Crippen LogP contribution is -2.37. The highest BCUT2D eigenvalue weighted by Gasteiger charge is 2.20. The molecule has 0 unspecified atom stereocenters. The van der Waals surface area contributed by atoms with E-state index in [9.17, 15) is 9.59 Å². The first-order chi connectivity index (χ1) is 12.2. The van der Waals surface area contributed by atoms with E-state index in [2.05, 4.69) is 9.97 Å². The summed E-state index contributed by atoms with van der Waals surface area (Å²) in [5.41, 5.74) is 1.30. The Labute approximate surface area is 148 Å². The standard InChI is InChI=1S/C19H24N4O2/c1-3-22(4-2)18(24)10-13-23(15-16-8-6-5-7-9-16)19(25)17-14-20-11-12-21-17/h5-9,11-12,14H,3-4,10,13,15H2,1-2H3. The van der Waals surface area contributed by atoms with Gasteiger partial charge in [0.05, 0.1) is 6.20 Å². The summed E-state index contributed by atoms with van der Waals surface area (Å²) in [7, 11) is 0. The zero-order valence-electron chi connectivity index (χ0n) is 14.8. The smallest absolute Gasteiger partial charge is 0.274 e. The molecule has 132 valence electrons. The Hall–Kier alpha value is -2.76. The predicted molar refractivity (Wildman–Crippen MR) is 95.8 cm³/mol. The lowest BCUT2D eigenvalue weighted by molar-refractivity contribution is -0.131. The third kappa shape index (κ3) is 5.38. The van der Waals surface area contributed by atoms with Crippen molar-refractivity contribution in [2.45, 2.75) is 26.8 Å². The molecular formula is C19H24N4O2. The van der Waals surface area contributed by atoms with Crippen molar-refractivity contribution in [2.75, 3.05) is 19.6 Å². The Kier molecular flexibility index (Phi) is 7.07. The second-order valence-electron chi connectivity index (χ2n) is 5.62.